The summed E-state index contributed by atoms with van der Waals surface area (Å²) in [6.07, 6.45) is 8.02. The Kier molecular flexibility index (Phi) is 6.33. The van der Waals surface area contributed by atoms with Crippen LogP contribution in [-0.2, 0) is 22.8 Å². The van der Waals surface area contributed by atoms with Crippen LogP contribution in [0.25, 0.3) is 11.1 Å². The molecular formula is C21H31N3O3S. The number of aryl methyl sites for hydroxylation is 1. The van der Waals surface area contributed by atoms with Crippen molar-refractivity contribution in [2.24, 2.45) is 0 Å². The number of sulfone groups is 1. The molecule has 1 atom stereocenters. The molecule has 0 aliphatic carbocycles. The molecule has 1 aromatic carbocycles. The average molecular weight is 406 g/mol. The Bertz CT molecular complexity index is 921. The Morgan fingerprint density at radius 2 is 2.07 bits per heavy atom. The van der Waals surface area contributed by atoms with E-state index in [4.69, 9.17) is 4.74 Å². The van der Waals surface area contributed by atoms with Crippen LogP contribution >= 0.6 is 0 Å². The van der Waals surface area contributed by atoms with Gasteiger partial charge in [-0.1, -0.05) is 6.92 Å². The standard InChI is InChI=1S/C21H31N3O3S/c1-5-12-27-21-18(17-14-22-23(15-17)11-13-28(4,25)26)9-10-20-19(21)8-7-16(3)24(20)6-2/h9-10,14-16H,5-8,11-13H2,1-4H3/t16-/m0/s1. The van der Waals surface area contributed by atoms with Crippen LogP contribution in [0.3, 0.4) is 0 Å². The molecule has 154 valence electrons. The summed E-state index contributed by atoms with van der Waals surface area (Å²) in [5.74, 6) is 1.04. The Morgan fingerprint density at radius 3 is 2.75 bits per heavy atom. The van der Waals surface area contributed by atoms with Gasteiger partial charge in [0.2, 0.25) is 0 Å². The van der Waals surface area contributed by atoms with E-state index < -0.39 is 9.84 Å². The van der Waals surface area contributed by atoms with Crippen molar-refractivity contribution >= 4 is 15.5 Å². The molecular weight excluding hydrogens is 374 g/mol. The van der Waals surface area contributed by atoms with E-state index in [0.717, 1.165) is 42.7 Å². The molecule has 1 aliphatic rings. The first-order chi connectivity index (χ1) is 13.3. The highest BCUT2D eigenvalue weighted by Gasteiger charge is 2.26. The number of aromatic nitrogens is 2. The van der Waals surface area contributed by atoms with Crippen molar-refractivity contribution < 1.29 is 13.2 Å². The number of hydrogen-bond donors (Lipinski definition) is 0. The molecule has 2 aromatic rings. The van der Waals surface area contributed by atoms with Crippen LogP contribution in [0.15, 0.2) is 24.5 Å². The molecule has 1 aliphatic heterocycles. The summed E-state index contributed by atoms with van der Waals surface area (Å²) in [6, 6.07) is 4.83. The second-order valence-electron chi connectivity index (χ2n) is 7.58. The normalized spacial score (nSPS) is 16.9. The van der Waals surface area contributed by atoms with Crippen LogP contribution in [0, 0.1) is 0 Å². The zero-order valence-electron chi connectivity index (χ0n) is 17.3. The lowest BCUT2D eigenvalue weighted by Gasteiger charge is -2.37. The van der Waals surface area contributed by atoms with Gasteiger partial charge in [0.25, 0.3) is 0 Å². The van der Waals surface area contributed by atoms with Crippen molar-refractivity contribution in [3.8, 4) is 16.9 Å². The number of rotatable bonds is 8. The maximum atomic E-state index is 11.4. The van der Waals surface area contributed by atoms with Crippen molar-refractivity contribution in [1.29, 1.82) is 0 Å². The van der Waals surface area contributed by atoms with Crippen molar-refractivity contribution in [2.45, 2.75) is 52.6 Å². The zero-order valence-corrected chi connectivity index (χ0v) is 18.1. The van der Waals surface area contributed by atoms with Gasteiger partial charge >= 0.3 is 0 Å². The molecule has 28 heavy (non-hydrogen) atoms. The number of nitrogens with zero attached hydrogens (tertiary/aromatic N) is 3. The van der Waals surface area contributed by atoms with Gasteiger partial charge in [0, 0.05) is 47.4 Å². The summed E-state index contributed by atoms with van der Waals surface area (Å²) >= 11 is 0. The molecule has 0 saturated carbocycles. The minimum Gasteiger partial charge on any atom is -0.493 e. The lowest BCUT2D eigenvalue weighted by atomic mass is 9.92. The highest BCUT2D eigenvalue weighted by Crippen LogP contribution is 2.42. The summed E-state index contributed by atoms with van der Waals surface area (Å²) in [6.45, 7) is 8.59. The fourth-order valence-electron chi connectivity index (χ4n) is 3.84. The van der Waals surface area contributed by atoms with E-state index in [-0.39, 0.29) is 5.75 Å². The van der Waals surface area contributed by atoms with E-state index in [1.165, 1.54) is 17.5 Å². The van der Waals surface area contributed by atoms with Crippen molar-refractivity contribution in [3.63, 3.8) is 0 Å². The van der Waals surface area contributed by atoms with Gasteiger partial charge < -0.3 is 9.64 Å². The van der Waals surface area contributed by atoms with Gasteiger partial charge in [-0.15, -0.1) is 0 Å². The first-order valence-corrected chi connectivity index (χ1v) is 12.2. The molecule has 0 saturated heterocycles. The van der Waals surface area contributed by atoms with E-state index in [1.54, 1.807) is 10.9 Å². The van der Waals surface area contributed by atoms with Gasteiger partial charge in [0.05, 0.1) is 25.1 Å². The topological polar surface area (TPSA) is 64.4 Å². The van der Waals surface area contributed by atoms with Gasteiger partial charge in [-0.2, -0.15) is 5.10 Å². The SMILES string of the molecule is CCCOc1c(-c2cnn(CCS(C)(=O)=O)c2)ccc2c1CC[C@H](C)N2CC. The summed E-state index contributed by atoms with van der Waals surface area (Å²) in [4.78, 5) is 2.44. The van der Waals surface area contributed by atoms with Crippen LogP contribution in [0.2, 0.25) is 0 Å². The molecule has 2 heterocycles. The smallest absolute Gasteiger partial charge is 0.149 e. The Labute approximate surface area is 168 Å². The van der Waals surface area contributed by atoms with Gasteiger partial charge in [-0.25, -0.2) is 8.42 Å². The van der Waals surface area contributed by atoms with Crippen LogP contribution in [0.4, 0.5) is 5.69 Å². The third-order valence-corrected chi connectivity index (χ3v) is 6.24. The molecule has 6 nitrogen and oxygen atoms in total. The molecule has 0 amide bonds. The summed E-state index contributed by atoms with van der Waals surface area (Å²) in [5.41, 5.74) is 4.53. The number of anilines is 1. The van der Waals surface area contributed by atoms with Crippen molar-refractivity contribution in [1.82, 2.24) is 9.78 Å². The fraction of sp³-hybridized carbons (Fsp3) is 0.571. The highest BCUT2D eigenvalue weighted by molar-refractivity contribution is 7.90. The molecule has 7 heteroatoms. The zero-order chi connectivity index (χ0) is 20.3. The maximum Gasteiger partial charge on any atom is 0.149 e. The summed E-state index contributed by atoms with van der Waals surface area (Å²) in [5, 5.41) is 4.36. The minimum absolute atomic E-state index is 0.0842. The quantitative estimate of drug-likeness (QED) is 0.672. The minimum atomic E-state index is -3.02. The lowest BCUT2D eigenvalue weighted by molar-refractivity contribution is 0.314. The van der Waals surface area contributed by atoms with Crippen LogP contribution in [-0.4, -0.2) is 49.4 Å². The first-order valence-electron chi connectivity index (χ1n) is 10.1. The van der Waals surface area contributed by atoms with E-state index in [2.05, 4.69) is 42.9 Å². The van der Waals surface area contributed by atoms with Gasteiger partial charge in [-0.05, 0) is 45.2 Å². The highest BCUT2D eigenvalue weighted by atomic mass is 32.2. The van der Waals surface area contributed by atoms with Crippen LogP contribution in [0.5, 0.6) is 5.75 Å². The van der Waals surface area contributed by atoms with Gasteiger partial charge in [0.1, 0.15) is 15.6 Å². The number of ether oxygens (including phenoxy) is 1. The molecule has 0 radical (unpaired) electrons. The number of benzene rings is 1. The van der Waals surface area contributed by atoms with E-state index in [1.807, 2.05) is 6.20 Å². The largest absolute Gasteiger partial charge is 0.493 e. The van der Waals surface area contributed by atoms with Crippen molar-refractivity contribution in [2.75, 3.05) is 30.1 Å². The molecule has 0 spiro atoms. The third-order valence-electron chi connectivity index (χ3n) is 5.32. The van der Waals surface area contributed by atoms with E-state index in [0.29, 0.717) is 19.2 Å². The summed E-state index contributed by atoms with van der Waals surface area (Å²) < 4.78 is 30.8. The lowest BCUT2D eigenvalue weighted by Crippen LogP contribution is -2.37. The monoisotopic (exact) mass is 405 g/mol. The third kappa shape index (κ3) is 4.51. The molecule has 0 fully saturated rings. The first kappa shape index (κ1) is 20.7. The Hall–Kier alpha value is -2.02. The average Bonchev–Trinajstić information content (AvgIpc) is 3.12. The van der Waals surface area contributed by atoms with E-state index in [9.17, 15) is 8.42 Å². The van der Waals surface area contributed by atoms with Gasteiger partial charge in [0.15, 0.2) is 0 Å². The van der Waals surface area contributed by atoms with Crippen LogP contribution in [0.1, 0.15) is 39.2 Å². The number of hydrogen-bond acceptors (Lipinski definition) is 5. The second kappa shape index (κ2) is 8.55. The predicted octanol–water partition coefficient (Wildman–Crippen LogP) is 3.54. The van der Waals surface area contributed by atoms with Crippen molar-refractivity contribution in [3.05, 3.63) is 30.1 Å². The molecule has 3 rings (SSSR count). The molecule has 0 unspecified atom stereocenters. The molecule has 0 N–H and O–H groups in total. The van der Waals surface area contributed by atoms with Gasteiger partial charge in [-0.3, -0.25) is 4.68 Å². The second-order valence-corrected chi connectivity index (χ2v) is 9.84. The van der Waals surface area contributed by atoms with E-state index >= 15 is 0 Å². The fourth-order valence-corrected chi connectivity index (χ4v) is 4.36. The van der Waals surface area contributed by atoms with Crippen LogP contribution < -0.4 is 9.64 Å². The predicted molar refractivity (Wildman–Crippen MR) is 114 cm³/mol. The molecule has 1 aromatic heterocycles. The summed E-state index contributed by atoms with van der Waals surface area (Å²) in [7, 11) is -3.02. The molecule has 0 bridgehead atoms. The Balaban J connectivity index is 1.98. The Morgan fingerprint density at radius 1 is 1.29 bits per heavy atom. The maximum absolute atomic E-state index is 11.4. The number of fused-ring (bicyclic) bond motifs is 1.